The van der Waals surface area contributed by atoms with Gasteiger partial charge in [0.15, 0.2) is 12.4 Å². The maximum absolute atomic E-state index is 11.8. The Kier molecular flexibility index (Phi) is 7.63. The second-order valence-corrected chi connectivity index (χ2v) is 6.40. The topological polar surface area (TPSA) is 108 Å². The monoisotopic (exact) mass is 390 g/mol. The molecular formula is C18H18N2O6S. The van der Waals surface area contributed by atoms with E-state index in [1.807, 2.05) is 30.3 Å². The highest BCUT2D eigenvalue weighted by Crippen LogP contribution is 2.28. The Morgan fingerprint density at radius 3 is 2.59 bits per heavy atom. The first-order valence-corrected chi connectivity index (χ1v) is 8.94. The third-order valence-electron chi connectivity index (χ3n) is 3.37. The van der Waals surface area contributed by atoms with Gasteiger partial charge in [0.25, 0.3) is 5.91 Å². The molecule has 0 spiro atoms. The molecule has 8 nitrogen and oxygen atoms in total. The molecule has 0 aliphatic rings. The van der Waals surface area contributed by atoms with Gasteiger partial charge in [0.2, 0.25) is 0 Å². The van der Waals surface area contributed by atoms with Gasteiger partial charge in [0.1, 0.15) is 0 Å². The number of hydrogen-bond donors (Lipinski definition) is 1. The van der Waals surface area contributed by atoms with Gasteiger partial charge in [0, 0.05) is 23.3 Å². The van der Waals surface area contributed by atoms with Crippen LogP contribution < -0.4 is 10.1 Å². The van der Waals surface area contributed by atoms with Crippen LogP contribution in [0.2, 0.25) is 0 Å². The van der Waals surface area contributed by atoms with Gasteiger partial charge in [0.05, 0.1) is 17.6 Å². The zero-order valence-corrected chi connectivity index (χ0v) is 15.4. The van der Waals surface area contributed by atoms with Gasteiger partial charge >= 0.3 is 11.7 Å². The number of benzene rings is 2. The van der Waals surface area contributed by atoms with Gasteiger partial charge in [-0.1, -0.05) is 18.2 Å². The van der Waals surface area contributed by atoms with E-state index in [4.69, 9.17) is 4.74 Å². The second-order valence-electron chi connectivity index (χ2n) is 5.23. The van der Waals surface area contributed by atoms with Crippen molar-refractivity contribution in [1.29, 1.82) is 0 Å². The standard InChI is InChI=1S/C18H18N2O6S/c1-25-18(22)13-7-8-16(15(11-13)20(23)24)26-12-17(21)19-9-10-27-14-5-3-2-4-6-14/h2-8,11H,9-10,12H2,1H3,(H,19,21). The molecule has 2 aromatic carbocycles. The number of thioether (sulfide) groups is 1. The zero-order chi connectivity index (χ0) is 19.6. The van der Waals surface area contributed by atoms with Crippen molar-refractivity contribution in [2.75, 3.05) is 26.0 Å². The van der Waals surface area contributed by atoms with Crippen molar-refractivity contribution < 1.29 is 24.0 Å². The number of hydrogen-bond acceptors (Lipinski definition) is 7. The number of esters is 1. The van der Waals surface area contributed by atoms with Gasteiger partial charge in [-0.3, -0.25) is 14.9 Å². The summed E-state index contributed by atoms with van der Waals surface area (Å²) in [6.07, 6.45) is 0. The van der Waals surface area contributed by atoms with Crippen LogP contribution in [0.25, 0.3) is 0 Å². The van der Waals surface area contributed by atoms with Gasteiger partial charge in [-0.25, -0.2) is 4.79 Å². The van der Waals surface area contributed by atoms with Gasteiger partial charge in [-0.05, 0) is 24.3 Å². The Balaban J connectivity index is 1.83. The van der Waals surface area contributed by atoms with Gasteiger partial charge in [-0.2, -0.15) is 0 Å². The van der Waals surface area contributed by atoms with Crippen LogP contribution >= 0.6 is 11.8 Å². The maximum atomic E-state index is 11.8. The minimum Gasteiger partial charge on any atom is -0.477 e. The Morgan fingerprint density at radius 2 is 1.93 bits per heavy atom. The predicted octanol–water partition coefficient (Wildman–Crippen LogP) is 2.67. The zero-order valence-electron chi connectivity index (χ0n) is 14.5. The number of nitro benzene ring substituents is 1. The fourth-order valence-electron chi connectivity index (χ4n) is 2.10. The summed E-state index contributed by atoms with van der Waals surface area (Å²) in [7, 11) is 1.18. The SMILES string of the molecule is COC(=O)c1ccc(OCC(=O)NCCSc2ccccc2)c([N+](=O)[O-])c1. The lowest BCUT2D eigenvalue weighted by molar-refractivity contribution is -0.385. The Bertz CT molecular complexity index is 813. The van der Waals surface area contributed by atoms with E-state index in [1.165, 1.54) is 19.2 Å². The molecule has 142 valence electrons. The number of amides is 1. The molecule has 0 fully saturated rings. The first kappa shape index (κ1) is 20.2. The van der Waals surface area contributed by atoms with Crippen molar-refractivity contribution in [3.05, 3.63) is 64.2 Å². The minimum atomic E-state index is -0.696. The molecule has 0 saturated carbocycles. The third kappa shape index (κ3) is 6.30. The van der Waals surface area contributed by atoms with Crippen molar-refractivity contribution >= 4 is 29.3 Å². The summed E-state index contributed by atoms with van der Waals surface area (Å²) in [5.41, 5.74) is -0.385. The molecule has 0 aromatic heterocycles. The summed E-state index contributed by atoms with van der Waals surface area (Å²) < 4.78 is 9.76. The molecule has 1 N–H and O–H groups in total. The molecule has 0 bridgehead atoms. The van der Waals surface area contributed by atoms with Crippen molar-refractivity contribution in [2.24, 2.45) is 0 Å². The van der Waals surface area contributed by atoms with Gasteiger partial charge in [-0.15, -0.1) is 11.8 Å². The van der Waals surface area contributed by atoms with E-state index in [-0.39, 0.29) is 17.9 Å². The molecule has 0 heterocycles. The second kappa shape index (κ2) is 10.2. The molecule has 0 atom stereocenters. The van der Waals surface area contributed by atoms with Crippen LogP contribution in [-0.4, -0.2) is 42.8 Å². The van der Waals surface area contributed by atoms with Crippen LogP contribution in [0, 0.1) is 10.1 Å². The number of nitrogens with zero attached hydrogens (tertiary/aromatic N) is 1. The van der Waals surface area contributed by atoms with Crippen molar-refractivity contribution in [3.8, 4) is 5.75 Å². The molecule has 0 saturated heterocycles. The van der Waals surface area contributed by atoms with Crippen LogP contribution in [0.15, 0.2) is 53.4 Å². The molecule has 0 aliphatic carbocycles. The highest BCUT2D eigenvalue weighted by molar-refractivity contribution is 7.99. The van der Waals surface area contributed by atoms with Crippen LogP contribution in [0.5, 0.6) is 5.75 Å². The smallest absolute Gasteiger partial charge is 0.338 e. The van der Waals surface area contributed by atoms with E-state index in [2.05, 4.69) is 10.1 Å². The van der Waals surface area contributed by atoms with E-state index in [0.29, 0.717) is 12.3 Å². The summed E-state index contributed by atoms with van der Waals surface area (Å²) in [6.45, 7) is 0.0690. The van der Waals surface area contributed by atoms with Crippen molar-refractivity contribution in [3.63, 3.8) is 0 Å². The molecule has 1 amide bonds. The number of carbonyl (C=O) groups excluding carboxylic acids is 2. The Labute approximate surface area is 160 Å². The average molecular weight is 390 g/mol. The van der Waals surface area contributed by atoms with E-state index >= 15 is 0 Å². The lowest BCUT2D eigenvalue weighted by atomic mass is 10.2. The fourth-order valence-corrected chi connectivity index (χ4v) is 2.89. The van der Waals surface area contributed by atoms with E-state index in [1.54, 1.807) is 11.8 Å². The molecule has 27 heavy (non-hydrogen) atoms. The number of nitro groups is 1. The van der Waals surface area contributed by atoms with Crippen LogP contribution in [0.1, 0.15) is 10.4 Å². The maximum Gasteiger partial charge on any atom is 0.338 e. The Hall–Kier alpha value is -3.07. The van der Waals surface area contributed by atoms with E-state index in [9.17, 15) is 19.7 Å². The van der Waals surface area contributed by atoms with Crippen LogP contribution in [-0.2, 0) is 9.53 Å². The minimum absolute atomic E-state index is 0.0268. The predicted molar refractivity (Wildman–Crippen MR) is 100 cm³/mol. The molecule has 9 heteroatoms. The number of nitrogens with one attached hydrogen (secondary N) is 1. The summed E-state index contributed by atoms with van der Waals surface area (Å²) in [6, 6.07) is 13.4. The molecule has 0 radical (unpaired) electrons. The van der Waals surface area contributed by atoms with Crippen molar-refractivity contribution in [1.82, 2.24) is 5.32 Å². The quantitative estimate of drug-likeness (QED) is 0.231. The lowest BCUT2D eigenvalue weighted by Crippen LogP contribution is -2.30. The molecule has 0 aliphatic heterocycles. The summed E-state index contributed by atoms with van der Waals surface area (Å²) in [5, 5.41) is 13.8. The number of ether oxygens (including phenoxy) is 2. The first-order chi connectivity index (χ1) is 13.0. The third-order valence-corrected chi connectivity index (χ3v) is 4.39. The molecule has 2 rings (SSSR count). The molecule has 2 aromatic rings. The fraction of sp³-hybridized carbons (Fsp3) is 0.222. The van der Waals surface area contributed by atoms with Crippen LogP contribution in [0.4, 0.5) is 5.69 Å². The summed E-state index contributed by atoms with van der Waals surface area (Å²) >= 11 is 1.60. The lowest BCUT2D eigenvalue weighted by Gasteiger charge is -2.08. The van der Waals surface area contributed by atoms with Crippen molar-refractivity contribution in [2.45, 2.75) is 4.90 Å². The van der Waals surface area contributed by atoms with Gasteiger partial charge < -0.3 is 14.8 Å². The molecular weight excluding hydrogens is 372 g/mol. The average Bonchev–Trinajstić information content (AvgIpc) is 2.69. The number of methoxy groups -OCH3 is 1. The first-order valence-electron chi connectivity index (χ1n) is 7.95. The summed E-state index contributed by atoms with van der Waals surface area (Å²) in [5.74, 6) is -0.501. The highest BCUT2D eigenvalue weighted by Gasteiger charge is 2.19. The summed E-state index contributed by atoms with van der Waals surface area (Å²) in [4.78, 5) is 34.9. The van der Waals surface area contributed by atoms with E-state index < -0.39 is 22.5 Å². The Morgan fingerprint density at radius 1 is 1.19 bits per heavy atom. The largest absolute Gasteiger partial charge is 0.477 e. The number of carbonyl (C=O) groups is 2. The van der Waals surface area contributed by atoms with E-state index in [0.717, 1.165) is 11.0 Å². The normalized spacial score (nSPS) is 10.1. The highest BCUT2D eigenvalue weighted by atomic mass is 32.2. The molecule has 0 unspecified atom stereocenters. The van der Waals surface area contributed by atoms with Crippen LogP contribution in [0.3, 0.4) is 0 Å². The number of rotatable bonds is 9.